The maximum atomic E-state index is 12.6. The van der Waals surface area contributed by atoms with E-state index in [2.05, 4.69) is 20.2 Å². The lowest BCUT2D eigenvalue weighted by atomic mass is 9.95. The topological polar surface area (TPSA) is 71.3 Å². The lowest BCUT2D eigenvalue weighted by Gasteiger charge is -2.32. The third kappa shape index (κ3) is 3.03. The molecule has 3 heterocycles. The van der Waals surface area contributed by atoms with E-state index in [1.807, 2.05) is 24.3 Å². The summed E-state index contributed by atoms with van der Waals surface area (Å²) in [5.74, 6) is 1.18. The number of piperidine rings is 1. The highest BCUT2D eigenvalue weighted by Crippen LogP contribution is 2.33. The molecule has 0 spiro atoms. The molecule has 6 heteroatoms. The summed E-state index contributed by atoms with van der Waals surface area (Å²) in [6.45, 7) is 1.62. The van der Waals surface area contributed by atoms with Gasteiger partial charge in [0.2, 0.25) is 5.91 Å². The number of benzene rings is 1. The Balaban J connectivity index is 1.33. The van der Waals surface area contributed by atoms with Crippen molar-refractivity contribution in [3.8, 4) is 0 Å². The van der Waals surface area contributed by atoms with E-state index in [0.29, 0.717) is 6.04 Å². The second-order valence-electron chi connectivity index (χ2n) is 7.72. The van der Waals surface area contributed by atoms with Crippen LogP contribution in [-0.2, 0) is 4.79 Å². The Morgan fingerprint density at radius 2 is 1.85 bits per heavy atom. The Hall–Kier alpha value is -2.63. The highest BCUT2D eigenvalue weighted by atomic mass is 16.3. The van der Waals surface area contributed by atoms with Crippen LogP contribution in [0.1, 0.15) is 38.5 Å². The number of anilines is 1. The lowest BCUT2D eigenvalue weighted by molar-refractivity contribution is -0.126. The number of nitrogens with zero attached hydrogens (tertiary/aromatic N) is 3. The van der Waals surface area contributed by atoms with Gasteiger partial charge in [-0.1, -0.05) is 25.0 Å². The van der Waals surface area contributed by atoms with Crippen LogP contribution in [0.2, 0.25) is 0 Å². The van der Waals surface area contributed by atoms with E-state index in [4.69, 9.17) is 4.42 Å². The number of furan rings is 1. The molecule has 1 aliphatic carbocycles. The molecule has 0 radical (unpaired) electrons. The molecule has 1 aromatic carbocycles. The molecule has 2 fully saturated rings. The minimum atomic E-state index is 0.106. The molecule has 3 aromatic rings. The first-order chi connectivity index (χ1) is 13.3. The van der Waals surface area contributed by atoms with E-state index in [9.17, 15) is 4.79 Å². The fourth-order valence-electron chi connectivity index (χ4n) is 4.48. The zero-order valence-corrected chi connectivity index (χ0v) is 15.4. The molecule has 1 aliphatic heterocycles. The van der Waals surface area contributed by atoms with Crippen molar-refractivity contribution >= 4 is 33.8 Å². The number of rotatable bonds is 3. The fourth-order valence-corrected chi connectivity index (χ4v) is 4.48. The van der Waals surface area contributed by atoms with Crippen LogP contribution in [0, 0.1) is 5.92 Å². The van der Waals surface area contributed by atoms with Crippen LogP contribution in [0.4, 0.5) is 5.82 Å². The van der Waals surface area contributed by atoms with E-state index in [1.165, 1.54) is 12.8 Å². The lowest BCUT2D eigenvalue weighted by Crippen LogP contribution is -2.43. The van der Waals surface area contributed by atoms with E-state index >= 15 is 0 Å². The molecule has 0 bridgehead atoms. The van der Waals surface area contributed by atoms with Gasteiger partial charge in [-0.2, -0.15) is 0 Å². The molecule has 2 aromatic heterocycles. The number of fused-ring (bicyclic) bond motifs is 3. The van der Waals surface area contributed by atoms with E-state index in [0.717, 1.165) is 66.7 Å². The van der Waals surface area contributed by atoms with Crippen LogP contribution < -0.4 is 10.2 Å². The first-order valence-corrected chi connectivity index (χ1v) is 9.97. The molecular formula is C21H24N4O2. The predicted octanol–water partition coefficient (Wildman–Crippen LogP) is 3.65. The van der Waals surface area contributed by atoms with Gasteiger partial charge in [-0.25, -0.2) is 9.97 Å². The SMILES string of the molecule is O=C(NC1CCCC1)C1CCN(c2ncnc3c2oc2ccccc23)CC1. The monoisotopic (exact) mass is 364 g/mol. The second-order valence-corrected chi connectivity index (χ2v) is 7.72. The predicted molar refractivity (Wildman–Crippen MR) is 105 cm³/mol. The Kier molecular flexibility index (Phi) is 4.19. The van der Waals surface area contributed by atoms with E-state index in [-0.39, 0.29) is 11.8 Å². The largest absolute Gasteiger partial charge is 0.450 e. The first-order valence-electron chi connectivity index (χ1n) is 9.97. The van der Waals surface area contributed by atoms with Gasteiger partial charge < -0.3 is 14.6 Å². The molecule has 0 unspecified atom stereocenters. The minimum absolute atomic E-state index is 0.106. The fraction of sp³-hybridized carbons (Fsp3) is 0.476. The van der Waals surface area contributed by atoms with E-state index < -0.39 is 0 Å². The van der Waals surface area contributed by atoms with Crippen LogP contribution in [0.15, 0.2) is 35.0 Å². The summed E-state index contributed by atoms with van der Waals surface area (Å²) >= 11 is 0. The van der Waals surface area contributed by atoms with Crippen molar-refractivity contribution in [1.82, 2.24) is 15.3 Å². The molecule has 6 nitrogen and oxygen atoms in total. The molecule has 1 saturated carbocycles. The summed E-state index contributed by atoms with van der Waals surface area (Å²) in [4.78, 5) is 23.7. The van der Waals surface area contributed by atoms with Crippen molar-refractivity contribution < 1.29 is 9.21 Å². The van der Waals surface area contributed by atoms with Gasteiger partial charge in [0.25, 0.3) is 0 Å². The van der Waals surface area contributed by atoms with Gasteiger partial charge >= 0.3 is 0 Å². The van der Waals surface area contributed by atoms with Crippen molar-refractivity contribution in [2.24, 2.45) is 5.92 Å². The van der Waals surface area contributed by atoms with Gasteiger partial charge in [-0.15, -0.1) is 0 Å². The summed E-state index contributed by atoms with van der Waals surface area (Å²) in [6.07, 6.45) is 8.06. The third-order valence-corrected chi connectivity index (χ3v) is 6.01. The average molecular weight is 364 g/mol. The normalized spacial score (nSPS) is 19.2. The van der Waals surface area contributed by atoms with Gasteiger partial charge in [0.05, 0.1) is 0 Å². The number of hydrogen-bond donors (Lipinski definition) is 1. The minimum Gasteiger partial charge on any atom is -0.450 e. The summed E-state index contributed by atoms with van der Waals surface area (Å²) in [6, 6.07) is 8.34. The second kappa shape index (κ2) is 6.83. The maximum Gasteiger partial charge on any atom is 0.223 e. The van der Waals surface area contributed by atoms with Crippen LogP contribution in [-0.4, -0.2) is 35.0 Å². The molecule has 0 atom stereocenters. The quantitative estimate of drug-likeness (QED) is 0.768. The van der Waals surface area contributed by atoms with Crippen LogP contribution in [0.3, 0.4) is 0 Å². The van der Waals surface area contributed by atoms with Crippen molar-refractivity contribution in [2.75, 3.05) is 18.0 Å². The van der Waals surface area contributed by atoms with Gasteiger partial charge in [0.1, 0.15) is 17.4 Å². The third-order valence-electron chi connectivity index (χ3n) is 6.01. The Labute approximate surface area is 158 Å². The van der Waals surface area contributed by atoms with Crippen molar-refractivity contribution in [3.63, 3.8) is 0 Å². The maximum absolute atomic E-state index is 12.6. The molecule has 5 rings (SSSR count). The standard InChI is InChI=1S/C21H24N4O2/c26-21(24-15-5-1-2-6-15)14-9-11-25(12-10-14)20-19-18(22-13-23-20)16-7-3-4-8-17(16)27-19/h3-4,7-8,13-15H,1-2,5-6,9-12H2,(H,24,26). The molecule has 1 N–H and O–H groups in total. The summed E-state index contributed by atoms with van der Waals surface area (Å²) < 4.78 is 6.05. The highest BCUT2D eigenvalue weighted by Gasteiger charge is 2.29. The molecule has 1 saturated heterocycles. The summed E-state index contributed by atoms with van der Waals surface area (Å²) in [5.41, 5.74) is 2.43. The smallest absolute Gasteiger partial charge is 0.223 e. The van der Waals surface area contributed by atoms with Crippen LogP contribution in [0.25, 0.3) is 22.1 Å². The van der Waals surface area contributed by atoms with Crippen molar-refractivity contribution in [1.29, 1.82) is 0 Å². The number of hydrogen-bond acceptors (Lipinski definition) is 5. The number of aromatic nitrogens is 2. The average Bonchev–Trinajstić information content (AvgIpc) is 3.35. The van der Waals surface area contributed by atoms with Gasteiger partial charge in [0, 0.05) is 30.4 Å². The number of carbonyl (C=O) groups is 1. The number of amides is 1. The Bertz CT molecular complexity index is 969. The molecule has 27 heavy (non-hydrogen) atoms. The van der Waals surface area contributed by atoms with Gasteiger partial charge in [-0.3, -0.25) is 4.79 Å². The van der Waals surface area contributed by atoms with Gasteiger partial charge in [0.15, 0.2) is 11.4 Å². The Morgan fingerprint density at radius 3 is 2.67 bits per heavy atom. The number of nitrogens with one attached hydrogen (secondary N) is 1. The Morgan fingerprint density at radius 1 is 1.07 bits per heavy atom. The van der Waals surface area contributed by atoms with Gasteiger partial charge in [-0.05, 0) is 37.8 Å². The first kappa shape index (κ1) is 16.5. The van der Waals surface area contributed by atoms with Crippen LogP contribution in [0.5, 0.6) is 0 Å². The van der Waals surface area contributed by atoms with Crippen molar-refractivity contribution in [3.05, 3.63) is 30.6 Å². The summed E-state index contributed by atoms with van der Waals surface area (Å²) in [5, 5.41) is 4.26. The highest BCUT2D eigenvalue weighted by molar-refractivity contribution is 6.05. The molecular weight excluding hydrogens is 340 g/mol. The zero-order chi connectivity index (χ0) is 18.2. The zero-order valence-electron chi connectivity index (χ0n) is 15.4. The number of para-hydroxylation sites is 1. The molecule has 2 aliphatic rings. The summed E-state index contributed by atoms with van der Waals surface area (Å²) in [7, 11) is 0. The molecule has 1 amide bonds. The van der Waals surface area contributed by atoms with E-state index in [1.54, 1.807) is 6.33 Å². The van der Waals surface area contributed by atoms with Crippen LogP contribution >= 0.6 is 0 Å². The molecule has 140 valence electrons. The van der Waals surface area contributed by atoms with Crippen molar-refractivity contribution in [2.45, 2.75) is 44.6 Å². The number of carbonyl (C=O) groups excluding carboxylic acids is 1.